The topological polar surface area (TPSA) is 37.5 Å². The molecule has 0 aliphatic carbocycles. The molecule has 0 saturated carbocycles. The second-order valence-corrected chi connectivity index (χ2v) is 5.64. The van der Waals surface area contributed by atoms with Crippen LogP contribution in [0, 0.1) is 0 Å². The Morgan fingerprint density at radius 1 is 1.10 bits per heavy atom. The molecule has 1 unspecified atom stereocenters. The summed E-state index contributed by atoms with van der Waals surface area (Å²) in [7, 11) is 0. The predicted octanol–water partition coefficient (Wildman–Crippen LogP) is 3.67. The third-order valence-corrected chi connectivity index (χ3v) is 4.06. The van der Waals surface area contributed by atoms with Crippen molar-refractivity contribution in [1.82, 2.24) is 4.98 Å². The van der Waals surface area contributed by atoms with Crippen LogP contribution < -0.4 is 0 Å². The van der Waals surface area contributed by atoms with Crippen molar-refractivity contribution in [2.75, 3.05) is 19.8 Å². The van der Waals surface area contributed by atoms with Crippen molar-refractivity contribution >= 4 is 21.8 Å². The SMILES string of the molecule is c1ccc2c(c1)[nH]c1cccc(CCCOCC3CO3)c12. The van der Waals surface area contributed by atoms with E-state index in [1.807, 2.05) is 0 Å². The number of hydrogen-bond acceptors (Lipinski definition) is 2. The molecule has 0 bridgehead atoms. The van der Waals surface area contributed by atoms with Crippen LogP contribution >= 0.6 is 0 Å². The Bertz CT molecular complexity index is 758. The van der Waals surface area contributed by atoms with Crippen molar-refractivity contribution in [2.24, 2.45) is 0 Å². The quantitative estimate of drug-likeness (QED) is 0.553. The number of aryl methyl sites for hydroxylation is 1. The maximum absolute atomic E-state index is 5.63. The lowest BCUT2D eigenvalue weighted by atomic mass is 10.0. The van der Waals surface area contributed by atoms with Gasteiger partial charge in [0.05, 0.1) is 13.2 Å². The first kappa shape index (κ1) is 12.9. The van der Waals surface area contributed by atoms with Crippen molar-refractivity contribution in [3.05, 3.63) is 48.0 Å². The van der Waals surface area contributed by atoms with E-state index >= 15 is 0 Å². The summed E-state index contributed by atoms with van der Waals surface area (Å²) >= 11 is 0. The third kappa shape index (κ3) is 2.67. The van der Waals surface area contributed by atoms with Gasteiger partial charge in [-0.25, -0.2) is 0 Å². The monoisotopic (exact) mass is 281 g/mol. The van der Waals surface area contributed by atoms with Crippen LogP contribution in [0.25, 0.3) is 21.8 Å². The molecule has 1 aliphatic heterocycles. The van der Waals surface area contributed by atoms with Gasteiger partial charge in [0.25, 0.3) is 0 Å². The van der Waals surface area contributed by atoms with Crippen LogP contribution in [0.4, 0.5) is 0 Å². The summed E-state index contributed by atoms with van der Waals surface area (Å²) in [6.45, 7) is 2.42. The van der Waals surface area contributed by atoms with E-state index in [1.165, 1.54) is 27.4 Å². The minimum absolute atomic E-state index is 0.363. The fourth-order valence-corrected chi connectivity index (χ4v) is 2.93. The fourth-order valence-electron chi connectivity index (χ4n) is 2.93. The smallest absolute Gasteiger partial charge is 0.104 e. The van der Waals surface area contributed by atoms with Gasteiger partial charge in [-0.3, -0.25) is 0 Å². The molecule has 0 spiro atoms. The summed E-state index contributed by atoms with van der Waals surface area (Å²) in [4.78, 5) is 3.50. The summed E-state index contributed by atoms with van der Waals surface area (Å²) < 4.78 is 10.8. The van der Waals surface area contributed by atoms with Gasteiger partial charge in [-0.05, 0) is 30.5 Å². The molecule has 3 nitrogen and oxygen atoms in total. The number of H-pyrrole nitrogens is 1. The van der Waals surface area contributed by atoms with Crippen LogP contribution in [-0.4, -0.2) is 30.9 Å². The summed E-state index contributed by atoms with van der Waals surface area (Å²) in [5.41, 5.74) is 3.83. The van der Waals surface area contributed by atoms with E-state index in [1.54, 1.807) is 0 Å². The highest BCUT2D eigenvalue weighted by molar-refractivity contribution is 6.08. The van der Waals surface area contributed by atoms with Gasteiger partial charge >= 0.3 is 0 Å². The second-order valence-electron chi connectivity index (χ2n) is 5.64. The van der Waals surface area contributed by atoms with Gasteiger partial charge in [0.1, 0.15) is 6.10 Å². The highest BCUT2D eigenvalue weighted by Gasteiger charge is 2.21. The van der Waals surface area contributed by atoms with Gasteiger partial charge in [0.2, 0.25) is 0 Å². The van der Waals surface area contributed by atoms with Crippen molar-refractivity contribution < 1.29 is 9.47 Å². The number of aromatic nitrogens is 1. The average Bonchev–Trinajstić information content (AvgIpc) is 3.25. The zero-order chi connectivity index (χ0) is 14.1. The first-order valence-corrected chi connectivity index (χ1v) is 7.59. The number of ether oxygens (including phenoxy) is 2. The van der Waals surface area contributed by atoms with Crippen molar-refractivity contribution in [3.8, 4) is 0 Å². The first-order valence-electron chi connectivity index (χ1n) is 7.59. The number of nitrogens with one attached hydrogen (secondary N) is 1. The molecule has 1 aromatic heterocycles. The van der Waals surface area contributed by atoms with Crippen LogP contribution in [0.3, 0.4) is 0 Å². The number of fused-ring (bicyclic) bond motifs is 3. The first-order chi connectivity index (χ1) is 10.4. The maximum Gasteiger partial charge on any atom is 0.104 e. The van der Waals surface area contributed by atoms with E-state index in [0.29, 0.717) is 6.10 Å². The number of epoxide rings is 1. The van der Waals surface area contributed by atoms with Crippen LogP contribution in [0.2, 0.25) is 0 Å². The molecule has 1 atom stereocenters. The Morgan fingerprint density at radius 2 is 1.95 bits per heavy atom. The lowest BCUT2D eigenvalue weighted by Gasteiger charge is -2.05. The summed E-state index contributed by atoms with van der Waals surface area (Å²) in [6.07, 6.45) is 2.46. The van der Waals surface area contributed by atoms with E-state index < -0.39 is 0 Å². The van der Waals surface area contributed by atoms with Gasteiger partial charge in [-0.2, -0.15) is 0 Å². The van der Waals surface area contributed by atoms with E-state index in [4.69, 9.17) is 9.47 Å². The van der Waals surface area contributed by atoms with Crippen LogP contribution in [0.15, 0.2) is 42.5 Å². The molecule has 0 radical (unpaired) electrons. The van der Waals surface area contributed by atoms with E-state index in [9.17, 15) is 0 Å². The third-order valence-electron chi connectivity index (χ3n) is 4.06. The second kappa shape index (κ2) is 5.51. The molecular weight excluding hydrogens is 262 g/mol. The summed E-state index contributed by atoms with van der Waals surface area (Å²) in [6, 6.07) is 15.0. The Kier molecular flexibility index (Phi) is 3.37. The van der Waals surface area contributed by atoms with Crippen molar-refractivity contribution in [1.29, 1.82) is 0 Å². The van der Waals surface area contributed by atoms with Crippen LogP contribution in [-0.2, 0) is 15.9 Å². The lowest BCUT2D eigenvalue weighted by molar-refractivity contribution is 0.114. The molecule has 4 rings (SSSR count). The largest absolute Gasteiger partial charge is 0.379 e. The molecule has 3 heteroatoms. The highest BCUT2D eigenvalue weighted by atomic mass is 16.6. The number of aromatic amines is 1. The Labute approximate surface area is 123 Å². The molecule has 108 valence electrons. The van der Waals surface area contributed by atoms with Crippen LogP contribution in [0.1, 0.15) is 12.0 Å². The predicted molar refractivity (Wildman–Crippen MR) is 84.7 cm³/mol. The normalized spacial score (nSPS) is 17.6. The number of rotatable bonds is 6. The summed E-state index contributed by atoms with van der Waals surface area (Å²) in [5.74, 6) is 0. The van der Waals surface area contributed by atoms with Gasteiger partial charge < -0.3 is 14.5 Å². The Hall–Kier alpha value is -1.84. The highest BCUT2D eigenvalue weighted by Crippen LogP contribution is 2.28. The van der Waals surface area contributed by atoms with Crippen molar-refractivity contribution in [3.63, 3.8) is 0 Å². The summed E-state index contributed by atoms with van der Waals surface area (Å²) in [5, 5.41) is 2.68. The molecule has 1 fully saturated rings. The van der Waals surface area contributed by atoms with Crippen molar-refractivity contribution in [2.45, 2.75) is 18.9 Å². The fraction of sp³-hybridized carbons (Fsp3) is 0.333. The number of benzene rings is 2. The Morgan fingerprint density at radius 3 is 2.86 bits per heavy atom. The minimum Gasteiger partial charge on any atom is -0.379 e. The lowest BCUT2D eigenvalue weighted by Crippen LogP contribution is -2.03. The molecule has 2 heterocycles. The standard InChI is InChI=1S/C18H19NO2/c1-2-8-16-15(7-1)18-13(5-3-9-17(18)19-16)6-4-10-20-11-14-12-21-14/h1-3,5,7-9,14,19H,4,6,10-12H2. The maximum atomic E-state index is 5.63. The Balaban J connectivity index is 1.53. The zero-order valence-corrected chi connectivity index (χ0v) is 12.0. The van der Waals surface area contributed by atoms with E-state index in [0.717, 1.165) is 32.7 Å². The average molecular weight is 281 g/mol. The molecular formula is C18H19NO2. The van der Waals surface area contributed by atoms with Gasteiger partial charge in [0.15, 0.2) is 0 Å². The number of hydrogen-bond donors (Lipinski definition) is 1. The molecule has 3 aromatic rings. The molecule has 1 aliphatic rings. The van der Waals surface area contributed by atoms with E-state index in [2.05, 4.69) is 47.4 Å². The molecule has 2 aromatic carbocycles. The zero-order valence-electron chi connectivity index (χ0n) is 12.0. The van der Waals surface area contributed by atoms with Gasteiger partial charge in [-0.1, -0.05) is 30.3 Å². The molecule has 1 N–H and O–H groups in total. The van der Waals surface area contributed by atoms with Gasteiger partial charge in [-0.15, -0.1) is 0 Å². The molecule has 1 saturated heterocycles. The minimum atomic E-state index is 0.363. The number of para-hydroxylation sites is 1. The van der Waals surface area contributed by atoms with E-state index in [-0.39, 0.29) is 0 Å². The van der Waals surface area contributed by atoms with Crippen LogP contribution in [0.5, 0.6) is 0 Å². The molecule has 0 amide bonds. The molecule has 21 heavy (non-hydrogen) atoms. The van der Waals surface area contributed by atoms with Gasteiger partial charge in [0, 0.05) is 28.4 Å².